The van der Waals surface area contributed by atoms with Gasteiger partial charge in [0, 0.05) is 12.1 Å². The Morgan fingerprint density at radius 2 is 2.16 bits per heavy atom. The van der Waals surface area contributed by atoms with Crippen LogP contribution in [0.15, 0.2) is 24.5 Å². The predicted molar refractivity (Wildman–Crippen MR) is 72.6 cm³/mol. The maximum Gasteiger partial charge on any atom is 0.158 e. The zero-order valence-corrected chi connectivity index (χ0v) is 11.7. The minimum Gasteiger partial charge on any atom is -0.382 e. The van der Waals surface area contributed by atoms with Crippen molar-refractivity contribution in [1.82, 2.24) is 14.8 Å². The van der Waals surface area contributed by atoms with Crippen LogP contribution in [-0.4, -0.2) is 35.1 Å². The second kappa shape index (κ2) is 6.65. The van der Waals surface area contributed by atoms with Crippen molar-refractivity contribution in [3.05, 3.63) is 40.9 Å². The lowest BCUT2D eigenvalue weighted by molar-refractivity contribution is 0.0578. The summed E-state index contributed by atoms with van der Waals surface area (Å²) in [5.41, 5.74) is 1.99. The normalized spacial score (nSPS) is 10.9. The third kappa shape index (κ3) is 3.53. The number of nitrogens with zero attached hydrogens (tertiary/aromatic N) is 3. The summed E-state index contributed by atoms with van der Waals surface area (Å²) in [5, 5.41) is 4.93. The van der Waals surface area contributed by atoms with Gasteiger partial charge in [-0.15, -0.1) is 0 Å². The van der Waals surface area contributed by atoms with Crippen molar-refractivity contribution in [2.45, 2.75) is 13.5 Å². The SMILES string of the molecule is COCCOCc1ncnn1-c1ccc(Cl)cc1C. The highest BCUT2D eigenvalue weighted by Gasteiger charge is 2.09. The molecule has 0 aliphatic carbocycles. The van der Waals surface area contributed by atoms with Crippen LogP contribution in [0.5, 0.6) is 0 Å². The van der Waals surface area contributed by atoms with Gasteiger partial charge in [-0.25, -0.2) is 9.67 Å². The molecule has 1 aromatic carbocycles. The molecule has 0 aliphatic rings. The Bertz CT molecular complexity index is 542. The summed E-state index contributed by atoms with van der Waals surface area (Å²) in [4.78, 5) is 4.21. The molecular formula is C13H16ClN3O2. The second-order valence-corrected chi connectivity index (χ2v) is 4.50. The largest absolute Gasteiger partial charge is 0.382 e. The van der Waals surface area contributed by atoms with Gasteiger partial charge >= 0.3 is 0 Å². The van der Waals surface area contributed by atoms with Crippen LogP contribution in [0.25, 0.3) is 5.69 Å². The summed E-state index contributed by atoms with van der Waals surface area (Å²) in [6.45, 7) is 3.47. The minimum absolute atomic E-state index is 0.394. The molecule has 5 nitrogen and oxygen atoms in total. The molecule has 102 valence electrons. The highest BCUT2D eigenvalue weighted by molar-refractivity contribution is 6.30. The summed E-state index contributed by atoms with van der Waals surface area (Å²) >= 11 is 5.95. The maximum absolute atomic E-state index is 5.95. The van der Waals surface area contributed by atoms with E-state index in [1.807, 2.05) is 25.1 Å². The van der Waals surface area contributed by atoms with Crippen molar-refractivity contribution in [2.24, 2.45) is 0 Å². The fourth-order valence-electron chi connectivity index (χ4n) is 1.73. The van der Waals surface area contributed by atoms with Gasteiger partial charge in [0.05, 0.1) is 18.9 Å². The van der Waals surface area contributed by atoms with Gasteiger partial charge in [-0.05, 0) is 30.7 Å². The molecule has 0 unspecified atom stereocenters. The van der Waals surface area contributed by atoms with Crippen LogP contribution in [-0.2, 0) is 16.1 Å². The van der Waals surface area contributed by atoms with Gasteiger partial charge in [-0.3, -0.25) is 0 Å². The first-order valence-electron chi connectivity index (χ1n) is 5.94. The van der Waals surface area contributed by atoms with E-state index in [1.54, 1.807) is 11.8 Å². The Morgan fingerprint density at radius 1 is 1.32 bits per heavy atom. The highest BCUT2D eigenvalue weighted by atomic mass is 35.5. The fraction of sp³-hybridized carbons (Fsp3) is 0.385. The first kappa shape index (κ1) is 14.0. The monoisotopic (exact) mass is 281 g/mol. The van der Waals surface area contributed by atoms with Crippen molar-refractivity contribution in [2.75, 3.05) is 20.3 Å². The van der Waals surface area contributed by atoms with Gasteiger partial charge in [-0.1, -0.05) is 11.6 Å². The zero-order chi connectivity index (χ0) is 13.7. The number of ether oxygens (including phenoxy) is 2. The molecule has 0 saturated carbocycles. The Balaban J connectivity index is 2.14. The van der Waals surface area contributed by atoms with Gasteiger partial charge in [0.1, 0.15) is 12.9 Å². The lowest BCUT2D eigenvalue weighted by Crippen LogP contribution is -2.08. The van der Waals surface area contributed by atoms with Crippen LogP contribution in [0.3, 0.4) is 0 Å². The zero-order valence-electron chi connectivity index (χ0n) is 11.0. The number of hydrogen-bond donors (Lipinski definition) is 0. The molecule has 0 spiro atoms. The minimum atomic E-state index is 0.394. The van der Waals surface area contributed by atoms with E-state index in [2.05, 4.69) is 10.1 Å². The molecule has 0 atom stereocenters. The van der Waals surface area contributed by atoms with Crippen molar-refractivity contribution in [3.8, 4) is 5.69 Å². The van der Waals surface area contributed by atoms with Gasteiger partial charge in [0.2, 0.25) is 0 Å². The van der Waals surface area contributed by atoms with Crippen molar-refractivity contribution >= 4 is 11.6 Å². The number of aromatic nitrogens is 3. The van der Waals surface area contributed by atoms with Crippen LogP contribution in [0, 0.1) is 6.92 Å². The predicted octanol–water partition coefficient (Wildman–Crippen LogP) is 2.39. The lowest BCUT2D eigenvalue weighted by Gasteiger charge is -2.09. The molecule has 1 heterocycles. The van der Waals surface area contributed by atoms with Crippen molar-refractivity contribution in [3.63, 3.8) is 0 Å². The van der Waals surface area contributed by atoms with Crippen LogP contribution in [0.1, 0.15) is 11.4 Å². The summed E-state index contributed by atoms with van der Waals surface area (Å²) in [7, 11) is 1.64. The quantitative estimate of drug-likeness (QED) is 0.763. The number of halogens is 1. The van der Waals surface area contributed by atoms with E-state index in [0.717, 1.165) is 17.1 Å². The van der Waals surface area contributed by atoms with E-state index in [0.29, 0.717) is 24.8 Å². The third-order valence-electron chi connectivity index (χ3n) is 2.67. The van der Waals surface area contributed by atoms with Gasteiger partial charge < -0.3 is 9.47 Å². The smallest absolute Gasteiger partial charge is 0.158 e. The molecule has 0 saturated heterocycles. The Morgan fingerprint density at radius 3 is 2.89 bits per heavy atom. The molecule has 0 radical (unpaired) electrons. The molecule has 0 aliphatic heterocycles. The van der Waals surface area contributed by atoms with E-state index in [9.17, 15) is 0 Å². The second-order valence-electron chi connectivity index (χ2n) is 4.06. The van der Waals surface area contributed by atoms with Gasteiger partial charge in [-0.2, -0.15) is 5.10 Å². The topological polar surface area (TPSA) is 49.2 Å². The first-order valence-corrected chi connectivity index (χ1v) is 6.32. The molecule has 0 fully saturated rings. The van der Waals surface area contributed by atoms with E-state index >= 15 is 0 Å². The number of hydrogen-bond acceptors (Lipinski definition) is 4. The lowest BCUT2D eigenvalue weighted by atomic mass is 10.2. The molecule has 0 bridgehead atoms. The molecule has 0 N–H and O–H groups in total. The van der Waals surface area contributed by atoms with Gasteiger partial charge in [0.15, 0.2) is 5.82 Å². The highest BCUT2D eigenvalue weighted by Crippen LogP contribution is 2.19. The average Bonchev–Trinajstić information content (AvgIpc) is 2.83. The number of benzene rings is 1. The van der Waals surface area contributed by atoms with Crippen molar-refractivity contribution < 1.29 is 9.47 Å². The standard InChI is InChI=1S/C13H16ClN3O2/c1-10-7-11(14)3-4-12(10)17-13(15-9-16-17)8-19-6-5-18-2/h3-4,7,9H,5-6,8H2,1-2H3. The van der Waals surface area contributed by atoms with Crippen LogP contribution in [0.2, 0.25) is 5.02 Å². The van der Waals surface area contributed by atoms with E-state index in [4.69, 9.17) is 21.1 Å². The molecule has 2 rings (SSSR count). The third-order valence-corrected chi connectivity index (χ3v) is 2.90. The van der Waals surface area contributed by atoms with Gasteiger partial charge in [0.25, 0.3) is 0 Å². The van der Waals surface area contributed by atoms with E-state index in [1.165, 1.54) is 6.33 Å². The maximum atomic E-state index is 5.95. The number of rotatable bonds is 6. The van der Waals surface area contributed by atoms with Crippen LogP contribution in [0.4, 0.5) is 0 Å². The van der Waals surface area contributed by atoms with E-state index in [-0.39, 0.29) is 0 Å². The fourth-order valence-corrected chi connectivity index (χ4v) is 1.95. The summed E-state index contributed by atoms with van der Waals surface area (Å²) in [5.74, 6) is 0.751. The molecule has 1 aromatic heterocycles. The molecule has 19 heavy (non-hydrogen) atoms. The molecular weight excluding hydrogens is 266 g/mol. The Kier molecular flexibility index (Phi) is 4.90. The summed E-state index contributed by atoms with van der Waals surface area (Å²) < 4.78 is 12.2. The first-order chi connectivity index (χ1) is 9.22. The molecule has 6 heteroatoms. The van der Waals surface area contributed by atoms with Crippen LogP contribution < -0.4 is 0 Å². The number of aryl methyl sites for hydroxylation is 1. The Labute approximate surface area is 117 Å². The average molecular weight is 282 g/mol. The van der Waals surface area contributed by atoms with Crippen molar-refractivity contribution in [1.29, 1.82) is 0 Å². The molecule has 0 amide bonds. The summed E-state index contributed by atoms with van der Waals surface area (Å²) in [6.07, 6.45) is 1.52. The molecule has 2 aromatic rings. The van der Waals surface area contributed by atoms with Crippen LogP contribution >= 0.6 is 11.6 Å². The Hall–Kier alpha value is -1.43. The van der Waals surface area contributed by atoms with E-state index < -0.39 is 0 Å². The summed E-state index contributed by atoms with van der Waals surface area (Å²) in [6, 6.07) is 5.65. The number of methoxy groups -OCH3 is 1.